The molecule has 0 fully saturated rings. The molecule has 88 valence electrons. The fraction of sp³-hybridized carbons (Fsp3) is 0.500. The molecular formula is C12H16F2N2. The van der Waals surface area contributed by atoms with Gasteiger partial charge in [-0.3, -0.25) is 4.90 Å². The van der Waals surface area contributed by atoms with Crippen LogP contribution in [0.3, 0.4) is 0 Å². The van der Waals surface area contributed by atoms with Crippen molar-refractivity contribution in [3.05, 3.63) is 29.3 Å². The van der Waals surface area contributed by atoms with Gasteiger partial charge >= 0.3 is 0 Å². The Labute approximate surface area is 94.3 Å². The van der Waals surface area contributed by atoms with Crippen LogP contribution in [0.15, 0.2) is 18.2 Å². The molecule has 1 aliphatic heterocycles. The normalized spacial score (nSPS) is 19.2. The SMILES string of the molecule is CCN1Cc2cc(NC)ccc2C(F)(F)C1. The fourth-order valence-electron chi connectivity index (χ4n) is 2.12. The molecule has 1 aromatic rings. The molecule has 0 unspecified atom stereocenters. The van der Waals surface area contributed by atoms with E-state index in [-0.39, 0.29) is 12.1 Å². The maximum atomic E-state index is 13.8. The van der Waals surface area contributed by atoms with Gasteiger partial charge in [-0.15, -0.1) is 0 Å². The van der Waals surface area contributed by atoms with Crippen LogP contribution in [0.1, 0.15) is 18.1 Å². The number of anilines is 1. The van der Waals surface area contributed by atoms with Crippen molar-refractivity contribution >= 4 is 5.69 Å². The minimum absolute atomic E-state index is 0.171. The van der Waals surface area contributed by atoms with Gasteiger partial charge in [-0.05, 0) is 24.2 Å². The van der Waals surface area contributed by atoms with Crippen molar-refractivity contribution < 1.29 is 8.78 Å². The van der Waals surface area contributed by atoms with E-state index in [1.54, 1.807) is 18.0 Å². The number of hydrogen-bond donors (Lipinski definition) is 1. The monoisotopic (exact) mass is 226 g/mol. The van der Waals surface area contributed by atoms with Gasteiger partial charge in [0.15, 0.2) is 0 Å². The molecule has 1 heterocycles. The number of benzene rings is 1. The van der Waals surface area contributed by atoms with Crippen molar-refractivity contribution in [2.24, 2.45) is 0 Å². The largest absolute Gasteiger partial charge is 0.388 e. The Hall–Kier alpha value is -1.16. The first kappa shape index (κ1) is 11.3. The number of fused-ring (bicyclic) bond motifs is 1. The molecule has 2 nitrogen and oxygen atoms in total. The first-order valence-electron chi connectivity index (χ1n) is 5.48. The standard InChI is InChI=1S/C12H16F2N2/c1-3-16-7-9-6-10(15-2)4-5-11(9)12(13,14)8-16/h4-6,15H,3,7-8H2,1-2H3. The summed E-state index contributed by atoms with van der Waals surface area (Å²) in [5, 5.41) is 2.97. The molecule has 16 heavy (non-hydrogen) atoms. The lowest BCUT2D eigenvalue weighted by molar-refractivity contribution is -0.0509. The Balaban J connectivity index is 2.42. The summed E-state index contributed by atoms with van der Waals surface area (Å²) in [4.78, 5) is 1.77. The Morgan fingerprint density at radius 3 is 2.81 bits per heavy atom. The Kier molecular flexibility index (Phi) is 2.84. The molecule has 0 radical (unpaired) electrons. The van der Waals surface area contributed by atoms with E-state index in [0.717, 1.165) is 11.3 Å². The topological polar surface area (TPSA) is 15.3 Å². The van der Waals surface area contributed by atoms with Gasteiger partial charge in [0.2, 0.25) is 0 Å². The van der Waals surface area contributed by atoms with E-state index in [4.69, 9.17) is 0 Å². The van der Waals surface area contributed by atoms with Gasteiger partial charge in [0.25, 0.3) is 5.92 Å². The third-order valence-electron chi connectivity index (χ3n) is 3.05. The molecule has 1 N–H and O–H groups in total. The Bertz CT molecular complexity index is 391. The first-order chi connectivity index (χ1) is 7.56. The maximum absolute atomic E-state index is 13.8. The van der Waals surface area contributed by atoms with E-state index in [1.807, 2.05) is 13.0 Å². The molecule has 0 aromatic heterocycles. The molecule has 2 rings (SSSR count). The number of nitrogens with zero attached hydrogens (tertiary/aromatic N) is 1. The lowest BCUT2D eigenvalue weighted by atomic mass is 9.96. The molecule has 0 aliphatic carbocycles. The third-order valence-corrected chi connectivity index (χ3v) is 3.05. The van der Waals surface area contributed by atoms with Gasteiger partial charge in [0, 0.05) is 24.8 Å². The fourth-order valence-corrected chi connectivity index (χ4v) is 2.12. The van der Waals surface area contributed by atoms with Crippen molar-refractivity contribution in [3.63, 3.8) is 0 Å². The molecule has 1 aromatic carbocycles. The summed E-state index contributed by atoms with van der Waals surface area (Å²) in [6, 6.07) is 5.05. The van der Waals surface area contributed by atoms with Crippen LogP contribution in [0.25, 0.3) is 0 Å². The van der Waals surface area contributed by atoms with Crippen LogP contribution < -0.4 is 5.32 Å². The average molecular weight is 226 g/mol. The summed E-state index contributed by atoms with van der Waals surface area (Å²) < 4.78 is 27.6. The van der Waals surface area contributed by atoms with E-state index in [0.29, 0.717) is 13.1 Å². The molecule has 0 spiro atoms. The van der Waals surface area contributed by atoms with Gasteiger partial charge in [-0.25, -0.2) is 0 Å². The van der Waals surface area contributed by atoms with E-state index in [2.05, 4.69) is 5.32 Å². The van der Waals surface area contributed by atoms with Gasteiger partial charge < -0.3 is 5.32 Å². The molecule has 0 saturated carbocycles. The Morgan fingerprint density at radius 1 is 1.44 bits per heavy atom. The summed E-state index contributed by atoms with van der Waals surface area (Å²) in [7, 11) is 1.79. The van der Waals surface area contributed by atoms with E-state index < -0.39 is 5.92 Å². The highest BCUT2D eigenvalue weighted by Crippen LogP contribution is 2.37. The lowest BCUT2D eigenvalue weighted by Gasteiger charge is -2.33. The van der Waals surface area contributed by atoms with E-state index in [9.17, 15) is 8.78 Å². The smallest absolute Gasteiger partial charge is 0.285 e. The van der Waals surface area contributed by atoms with Crippen LogP contribution in [0.2, 0.25) is 0 Å². The highest BCUT2D eigenvalue weighted by Gasteiger charge is 2.39. The molecule has 0 atom stereocenters. The lowest BCUT2D eigenvalue weighted by Crippen LogP contribution is -2.40. The zero-order chi connectivity index (χ0) is 11.8. The van der Waals surface area contributed by atoms with Crippen molar-refractivity contribution in [2.75, 3.05) is 25.5 Å². The summed E-state index contributed by atoms with van der Waals surface area (Å²) in [5.74, 6) is -2.73. The molecule has 1 aliphatic rings. The molecule has 0 bridgehead atoms. The highest BCUT2D eigenvalue weighted by molar-refractivity contribution is 5.50. The highest BCUT2D eigenvalue weighted by atomic mass is 19.3. The van der Waals surface area contributed by atoms with Crippen LogP contribution in [-0.4, -0.2) is 25.0 Å². The van der Waals surface area contributed by atoms with Gasteiger partial charge in [-0.2, -0.15) is 8.78 Å². The Morgan fingerprint density at radius 2 is 2.19 bits per heavy atom. The van der Waals surface area contributed by atoms with Crippen LogP contribution in [0, 0.1) is 0 Å². The summed E-state index contributed by atoms with van der Waals surface area (Å²) in [5.41, 5.74) is 1.79. The number of nitrogens with one attached hydrogen (secondary N) is 1. The molecule has 0 saturated heterocycles. The van der Waals surface area contributed by atoms with Crippen LogP contribution in [-0.2, 0) is 12.5 Å². The number of alkyl halides is 2. The van der Waals surface area contributed by atoms with Crippen LogP contribution in [0.4, 0.5) is 14.5 Å². The van der Waals surface area contributed by atoms with Crippen molar-refractivity contribution in [2.45, 2.75) is 19.4 Å². The number of likely N-dealkylation sites (N-methyl/N-ethyl adjacent to an activating group) is 1. The maximum Gasteiger partial charge on any atom is 0.285 e. The van der Waals surface area contributed by atoms with Crippen LogP contribution in [0.5, 0.6) is 0 Å². The minimum Gasteiger partial charge on any atom is -0.388 e. The quantitative estimate of drug-likeness (QED) is 0.834. The third kappa shape index (κ3) is 1.89. The number of hydrogen-bond acceptors (Lipinski definition) is 2. The molecule has 4 heteroatoms. The van der Waals surface area contributed by atoms with E-state index in [1.165, 1.54) is 6.07 Å². The summed E-state index contributed by atoms with van der Waals surface area (Å²) in [6.45, 7) is 2.99. The van der Waals surface area contributed by atoms with Crippen molar-refractivity contribution in [1.29, 1.82) is 0 Å². The molecule has 0 amide bonds. The predicted octanol–water partition coefficient (Wildman–Crippen LogP) is 2.66. The second-order valence-electron chi connectivity index (χ2n) is 4.13. The summed E-state index contributed by atoms with van der Waals surface area (Å²) in [6.07, 6.45) is 0. The predicted molar refractivity (Wildman–Crippen MR) is 60.8 cm³/mol. The van der Waals surface area contributed by atoms with E-state index >= 15 is 0 Å². The van der Waals surface area contributed by atoms with Crippen molar-refractivity contribution in [3.8, 4) is 0 Å². The first-order valence-corrected chi connectivity index (χ1v) is 5.48. The number of rotatable bonds is 2. The molecular weight excluding hydrogens is 210 g/mol. The van der Waals surface area contributed by atoms with Gasteiger partial charge in [-0.1, -0.05) is 13.0 Å². The number of halogens is 2. The van der Waals surface area contributed by atoms with Crippen molar-refractivity contribution in [1.82, 2.24) is 4.90 Å². The van der Waals surface area contributed by atoms with Gasteiger partial charge in [0.05, 0.1) is 6.54 Å². The average Bonchev–Trinajstić information content (AvgIpc) is 2.27. The second kappa shape index (κ2) is 4.01. The zero-order valence-electron chi connectivity index (χ0n) is 9.56. The summed E-state index contributed by atoms with van der Waals surface area (Å²) >= 11 is 0. The minimum atomic E-state index is -2.73. The second-order valence-corrected chi connectivity index (χ2v) is 4.13. The van der Waals surface area contributed by atoms with Crippen LogP contribution >= 0.6 is 0 Å². The van der Waals surface area contributed by atoms with Gasteiger partial charge in [0.1, 0.15) is 0 Å². The zero-order valence-corrected chi connectivity index (χ0v) is 9.56.